The van der Waals surface area contributed by atoms with Gasteiger partial charge in [-0.15, -0.1) is 0 Å². The molecule has 2 amide bonds. The van der Waals surface area contributed by atoms with Gasteiger partial charge in [0.25, 0.3) is 0 Å². The molecule has 0 bridgehead atoms. The number of benzene rings is 2. The highest BCUT2D eigenvalue weighted by Gasteiger charge is 2.10. The Morgan fingerprint density at radius 2 is 1.86 bits per heavy atom. The third-order valence-corrected chi connectivity index (χ3v) is 3.13. The Hall–Kier alpha value is -2.69. The number of para-hydroxylation sites is 1. The van der Waals surface area contributed by atoms with Gasteiger partial charge in [-0.2, -0.15) is 0 Å². The van der Waals surface area contributed by atoms with E-state index in [1.165, 1.54) is 12.1 Å². The zero-order chi connectivity index (χ0) is 15.9. The standard InChI is InChI=1S/C17H20N2O3/c1-3-13-6-4-5-7-16(13)19-17(21)18-12(2)22-15-10-8-14(20)9-11-15/h4-12,20H,3H2,1-2H3,(H2,18,19,21). The Bertz CT molecular complexity index is 626. The number of ether oxygens (including phenoxy) is 1. The third-order valence-electron chi connectivity index (χ3n) is 3.13. The molecule has 116 valence electrons. The molecule has 0 saturated heterocycles. The van der Waals surface area contributed by atoms with Crippen LogP contribution in [0.5, 0.6) is 11.5 Å². The van der Waals surface area contributed by atoms with Gasteiger partial charge in [0.05, 0.1) is 0 Å². The Morgan fingerprint density at radius 3 is 2.55 bits per heavy atom. The van der Waals surface area contributed by atoms with E-state index in [1.807, 2.05) is 31.2 Å². The van der Waals surface area contributed by atoms with Gasteiger partial charge in [0.2, 0.25) is 0 Å². The molecule has 5 heteroatoms. The first-order chi connectivity index (χ1) is 10.6. The summed E-state index contributed by atoms with van der Waals surface area (Å²) >= 11 is 0. The fraction of sp³-hybridized carbons (Fsp3) is 0.235. The molecule has 0 spiro atoms. The Balaban J connectivity index is 1.89. The van der Waals surface area contributed by atoms with E-state index in [0.29, 0.717) is 5.75 Å². The van der Waals surface area contributed by atoms with Crippen LogP contribution in [0.3, 0.4) is 0 Å². The first-order valence-electron chi connectivity index (χ1n) is 7.19. The smallest absolute Gasteiger partial charge is 0.322 e. The van der Waals surface area contributed by atoms with E-state index in [0.717, 1.165) is 17.7 Å². The molecule has 5 nitrogen and oxygen atoms in total. The van der Waals surface area contributed by atoms with Gasteiger partial charge in [0.1, 0.15) is 11.5 Å². The zero-order valence-electron chi connectivity index (χ0n) is 12.7. The summed E-state index contributed by atoms with van der Waals surface area (Å²) in [6.45, 7) is 3.77. The maximum atomic E-state index is 12.0. The second-order valence-corrected chi connectivity index (χ2v) is 4.86. The average molecular weight is 300 g/mol. The zero-order valence-corrected chi connectivity index (χ0v) is 12.7. The van der Waals surface area contributed by atoms with Crippen LogP contribution in [-0.4, -0.2) is 17.4 Å². The number of hydrogen-bond acceptors (Lipinski definition) is 3. The molecule has 0 fully saturated rings. The molecule has 0 aliphatic heterocycles. The molecule has 2 aromatic rings. The molecule has 0 saturated carbocycles. The lowest BCUT2D eigenvalue weighted by Crippen LogP contribution is -2.39. The van der Waals surface area contributed by atoms with Gasteiger partial charge >= 0.3 is 6.03 Å². The summed E-state index contributed by atoms with van der Waals surface area (Å²) in [5.41, 5.74) is 1.86. The summed E-state index contributed by atoms with van der Waals surface area (Å²) in [4.78, 5) is 12.0. The largest absolute Gasteiger partial charge is 0.508 e. The van der Waals surface area contributed by atoms with Crippen LogP contribution in [0.1, 0.15) is 19.4 Å². The quantitative estimate of drug-likeness (QED) is 0.740. The molecule has 3 N–H and O–H groups in total. The second kappa shape index (κ2) is 7.36. The maximum Gasteiger partial charge on any atom is 0.322 e. The molecule has 22 heavy (non-hydrogen) atoms. The van der Waals surface area contributed by atoms with Crippen molar-refractivity contribution in [3.05, 3.63) is 54.1 Å². The number of amides is 2. The van der Waals surface area contributed by atoms with Gasteiger partial charge in [-0.05, 0) is 49.2 Å². The summed E-state index contributed by atoms with van der Waals surface area (Å²) in [5, 5.41) is 14.7. The van der Waals surface area contributed by atoms with Crippen molar-refractivity contribution in [2.24, 2.45) is 0 Å². The number of phenols is 1. The lowest BCUT2D eigenvalue weighted by atomic mass is 10.1. The van der Waals surface area contributed by atoms with Gasteiger partial charge in [0.15, 0.2) is 6.23 Å². The minimum atomic E-state index is -0.502. The number of hydrogen-bond donors (Lipinski definition) is 3. The summed E-state index contributed by atoms with van der Waals surface area (Å²) in [5.74, 6) is 0.737. The molecular weight excluding hydrogens is 280 g/mol. The van der Waals surface area contributed by atoms with E-state index in [-0.39, 0.29) is 11.8 Å². The summed E-state index contributed by atoms with van der Waals surface area (Å²) in [6.07, 6.45) is 0.342. The first-order valence-corrected chi connectivity index (χ1v) is 7.19. The first kappa shape index (κ1) is 15.7. The average Bonchev–Trinajstić information content (AvgIpc) is 2.50. The highest BCUT2D eigenvalue weighted by atomic mass is 16.5. The van der Waals surface area contributed by atoms with Gasteiger partial charge in [0, 0.05) is 5.69 Å². The molecule has 0 heterocycles. The lowest BCUT2D eigenvalue weighted by molar-refractivity contribution is 0.183. The SMILES string of the molecule is CCc1ccccc1NC(=O)NC(C)Oc1ccc(O)cc1. The highest BCUT2D eigenvalue weighted by Crippen LogP contribution is 2.17. The number of aromatic hydroxyl groups is 1. The number of rotatable bonds is 5. The van der Waals surface area contributed by atoms with Crippen molar-refractivity contribution in [2.45, 2.75) is 26.5 Å². The molecule has 0 aliphatic rings. The third kappa shape index (κ3) is 4.41. The molecule has 0 radical (unpaired) electrons. The molecule has 1 atom stereocenters. The van der Waals surface area contributed by atoms with E-state index in [2.05, 4.69) is 10.6 Å². The molecular formula is C17H20N2O3. The molecule has 0 aliphatic carbocycles. The molecule has 0 aromatic heterocycles. The van der Waals surface area contributed by atoms with Crippen molar-refractivity contribution in [3.8, 4) is 11.5 Å². The van der Waals surface area contributed by atoms with Crippen molar-refractivity contribution in [3.63, 3.8) is 0 Å². The van der Waals surface area contributed by atoms with Crippen LogP contribution < -0.4 is 15.4 Å². The molecule has 2 rings (SSSR count). The van der Waals surface area contributed by atoms with Crippen molar-refractivity contribution in [1.29, 1.82) is 0 Å². The second-order valence-electron chi connectivity index (χ2n) is 4.86. The highest BCUT2D eigenvalue weighted by molar-refractivity contribution is 5.90. The summed E-state index contributed by atoms with van der Waals surface area (Å²) in [7, 11) is 0. The Kier molecular flexibility index (Phi) is 5.25. The predicted molar refractivity (Wildman–Crippen MR) is 86.2 cm³/mol. The normalized spacial score (nSPS) is 11.5. The van der Waals surface area contributed by atoms with Crippen LogP contribution in [0.4, 0.5) is 10.5 Å². The lowest BCUT2D eigenvalue weighted by Gasteiger charge is -2.17. The maximum absolute atomic E-state index is 12.0. The number of nitrogens with one attached hydrogen (secondary N) is 2. The van der Waals surface area contributed by atoms with E-state index in [9.17, 15) is 9.90 Å². The number of carbonyl (C=O) groups is 1. The van der Waals surface area contributed by atoms with E-state index < -0.39 is 6.23 Å². The number of aryl methyl sites for hydroxylation is 1. The van der Waals surface area contributed by atoms with Crippen molar-refractivity contribution < 1.29 is 14.6 Å². The van der Waals surface area contributed by atoms with E-state index >= 15 is 0 Å². The molecule has 2 aromatic carbocycles. The predicted octanol–water partition coefficient (Wildman–Crippen LogP) is 3.50. The van der Waals surface area contributed by atoms with Gasteiger partial charge in [-0.25, -0.2) is 4.79 Å². The van der Waals surface area contributed by atoms with Crippen LogP contribution >= 0.6 is 0 Å². The number of anilines is 1. The van der Waals surface area contributed by atoms with Gasteiger partial charge in [-0.3, -0.25) is 0 Å². The monoisotopic (exact) mass is 300 g/mol. The van der Waals surface area contributed by atoms with Gasteiger partial charge < -0.3 is 20.5 Å². The number of carbonyl (C=O) groups excluding carboxylic acids is 1. The van der Waals surface area contributed by atoms with Crippen LogP contribution in [-0.2, 0) is 6.42 Å². The van der Waals surface area contributed by atoms with Crippen LogP contribution in [0.2, 0.25) is 0 Å². The van der Waals surface area contributed by atoms with Crippen LogP contribution in [0, 0.1) is 0 Å². The molecule has 1 unspecified atom stereocenters. The Morgan fingerprint density at radius 1 is 1.18 bits per heavy atom. The van der Waals surface area contributed by atoms with Crippen molar-refractivity contribution in [1.82, 2.24) is 5.32 Å². The number of phenolic OH excluding ortho intramolecular Hbond substituents is 1. The van der Waals surface area contributed by atoms with E-state index in [4.69, 9.17) is 4.74 Å². The number of urea groups is 1. The summed E-state index contributed by atoms with van der Waals surface area (Å²) in [6, 6.07) is 13.7. The fourth-order valence-corrected chi connectivity index (χ4v) is 2.05. The van der Waals surface area contributed by atoms with Crippen molar-refractivity contribution >= 4 is 11.7 Å². The minimum absolute atomic E-state index is 0.168. The topological polar surface area (TPSA) is 70.6 Å². The van der Waals surface area contributed by atoms with Crippen LogP contribution in [0.15, 0.2) is 48.5 Å². The van der Waals surface area contributed by atoms with Crippen molar-refractivity contribution in [2.75, 3.05) is 5.32 Å². The van der Waals surface area contributed by atoms with Crippen LogP contribution in [0.25, 0.3) is 0 Å². The fourth-order valence-electron chi connectivity index (χ4n) is 2.05. The minimum Gasteiger partial charge on any atom is -0.508 e. The summed E-state index contributed by atoms with van der Waals surface area (Å²) < 4.78 is 5.55. The Labute approximate surface area is 129 Å². The van der Waals surface area contributed by atoms with E-state index in [1.54, 1.807) is 19.1 Å². The van der Waals surface area contributed by atoms with Gasteiger partial charge in [-0.1, -0.05) is 25.1 Å².